The van der Waals surface area contributed by atoms with Crippen molar-refractivity contribution in [2.24, 2.45) is 0 Å². The molecule has 56 valence electrons. The number of hydrogen-bond donors (Lipinski definition) is 2. The third-order valence-corrected chi connectivity index (χ3v) is 1.75. The van der Waals surface area contributed by atoms with E-state index in [-0.39, 0.29) is 12.4 Å². The monoisotopic (exact) mass is 158 g/mol. The number of allylic oxidation sites excluding steroid dienone is 3. The topological polar surface area (TPSA) is 24.1 Å². The molecule has 2 aliphatic rings. The van der Waals surface area contributed by atoms with Crippen molar-refractivity contribution in [2.45, 2.75) is 12.8 Å². The second-order valence-electron chi connectivity index (χ2n) is 2.36. The first-order chi connectivity index (χ1) is 4.47. The molecule has 0 atom stereocenters. The Hall–Kier alpha value is -0.630. The fourth-order valence-corrected chi connectivity index (χ4v) is 1.26. The van der Waals surface area contributed by atoms with Crippen molar-refractivity contribution in [3.8, 4) is 0 Å². The summed E-state index contributed by atoms with van der Waals surface area (Å²) in [5, 5.41) is 6.52. The van der Waals surface area contributed by atoms with Gasteiger partial charge >= 0.3 is 0 Å². The highest BCUT2D eigenvalue weighted by Crippen LogP contribution is 2.16. The highest BCUT2D eigenvalue weighted by atomic mass is 35.5. The van der Waals surface area contributed by atoms with Crippen LogP contribution >= 0.6 is 12.4 Å². The smallest absolute Gasteiger partial charge is 0.0848 e. The molecule has 0 unspecified atom stereocenters. The second-order valence-corrected chi connectivity index (χ2v) is 2.36. The van der Waals surface area contributed by atoms with Gasteiger partial charge in [0.2, 0.25) is 0 Å². The van der Waals surface area contributed by atoms with Crippen LogP contribution in [0.2, 0.25) is 0 Å². The standard InChI is InChI=1S/C7H10N2.ClH/c1-2-4-7-6(3-1)8-5-9-7;/h1,3,8-9H,2,4-5H2;1H. The number of rotatable bonds is 0. The summed E-state index contributed by atoms with van der Waals surface area (Å²) in [6.07, 6.45) is 6.73. The minimum absolute atomic E-state index is 0. The van der Waals surface area contributed by atoms with E-state index in [0.29, 0.717) is 0 Å². The van der Waals surface area contributed by atoms with E-state index in [4.69, 9.17) is 0 Å². The zero-order valence-electron chi connectivity index (χ0n) is 5.68. The molecule has 2 rings (SSSR count). The Kier molecular flexibility index (Phi) is 2.22. The average molecular weight is 159 g/mol. The quantitative estimate of drug-likeness (QED) is 0.552. The van der Waals surface area contributed by atoms with Crippen LogP contribution in [0.3, 0.4) is 0 Å². The third kappa shape index (κ3) is 1.12. The summed E-state index contributed by atoms with van der Waals surface area (Å²) < 4.78 is 0. The summed E-state index contributed by atoms with van der Waals surface area (Å²) >= 11 is 0. The van der Waals surface area contributed by atoms with Crippen LogP contribution in [0.25, 0.3) is 0 Å². The van der Waals surface area contributed by atoms with Crippen molar-refractivity contribution >= 4 is 12.4 Å². The summed E-state index contributed by atoms with van der Waals surface area (Å²) in [7, 11) is 0. The molecule has 1 heterocycles. The van der Waals surface area contributed by atoms with Gasteiger partial charge in [0, 0.05) is 5.70 Å². The van der Waals surface area contributed by atoms with E-state index in [2.05, 4.69) is 22.8 Å². The van der Waals surface area contributed by atoms with Crippen LogP contribution in [0.5, 0.6) is 0 Å². The molecule has 0 fully saturated rings. The van der Waals surface area contributed by atoms with Gasteiger partial charge in [-0.15, -0.1) is 12.4 Å². The van der Waals surface area contributed by atoms with E-state index in [0.717, 1.165) is 6.67 Å². The fraction of sp³-hybridized carbons (Fsp3) is 0.429. The summed E-state index contributed by atoms with van der Waals surface area (Å²) in [6, 6.07) is 0. The van der Waals surface area contributed by atoms with Crippen LogP contribution in [-0.2, 0) is 0 Å². The first-order valence-corrected chi connectivity index (χ1v) is 3.34. The Morgan fingerprint density at radius 3 is 3.00 bits per heavy atom. The molecule has 0 radical (unpaired) electrons. The lowest BCUT2D eigenvalue weighted by atomic mass is 10.1. The minimum atomic E-state index is 0. The van der Waals surface area contributed by atoms with Crippen molar-refractivity contribution < 1.29 is 0 Å². The van der Waals surface area contributed by atoms with Crippen molar-refractivity contribution in [2.75, 3.05) is 6.67 Å². The van der Waals surface area contributed by atoms with Crippen molar-refractivity contribution in [1.29, 1.82) is 0 Å². The zero-order chi connectivity index (χ0) is 6.10. The van der Waals surface area contributed by atoms with Gasteiger partial charge in [0.1, 0.15) is 0 Å². The lowest BCUT2D eigenvalue weighted by Gasteiger charge is -2.05. The maximum atomic E-state index is 3.28. The molecule has 3 heteroatoms. The van der Waals surface area contributed by atoms with Crippen LogP contribution in [0.4, 0.5) is 0 Å². The zero-order valence-corrected chi connectivity index (χ0v) is 6.50. The fourth-order valence-electron chi connectivity index (χ4n) is 1.26. The number of nitrogens with one attached hydrogen (secondary N) is 2. The molecule has 0 aromatic rings. The molecule has 0 amide bonds. The van der Waals surface area contributed by atoms with E-state index in [9.17, 15) is 0 Å². The van der Waals surface area contributed by atoms with E-state index < -0.39 is 0 Å². The summed E-state index contributed by atoms with van der Waals surface area (Å²) in [5.74, 6) is 0. The second kappa shape index (κ2) is 2.97. The molecule has 0 bridgehead atoms. The Labute approximate surface area is 66.8 Å². The van der Waals surface area contributed by atoms with Gasteiger partial charge in [-0.05, 0) is 18.9 Å². The first kappa shape index (κ1) is 7.48. The molecule has 1 aliphatic carbocycles. The maximum Gasteiger partial charge on any atom is 0.0848 e. The van der Waals surface area contributed by atoms with Gasteiger partial charge in [0.05, 0.1) is 12.4 Å². The maximum absolute atomic E-state index is 3.28. The van der Waals surface area contributed by atoms with Crippen molar-refractivity contribution in [3.63, 3.8) is 0 Å². The van der Waals surface area contributed by atoms with Gasteiger partial charge in [-0.25, -0.2) is 0 Å². The largest absolute Gasteiger partial charge is 0.370 e. The van der Waals surface area contributed by atoms with E-state index in [1.54, 1.807) is 0 Å². The number of hydrogen-bond acceptors (Lipinski definition) is 2. The third-order valence-electron chi connectivity index (χ3n) is 1.75. The van der Waals surface area contributed by atoms with E-state index in [1.165, 1.54) is 24.2 Å². The molecule has 2 nitrogen and oxygen atoms in total. The predicted octanol–water partition coefficient (Wildman–Crippen LogP) is 1.12. The van der Waals surface area contributed by atoms with Crippen LogP contribution in [0, 0.1) is 0 Å². The molecule has 1 aliphatic heterocycles. The predicted molar refractivity (Wildman–Crippen MR) is 43.8 cm³/mol. The molecule has 0 spiro atoms. The average Bonchev–Trinajstić information content (AvgIpc) is 2.33. The van der Waals surface area contributed by atoms with Crippen LogP contribution in [0.1, 0.15) is 12.8 Å². The van der Waals surface area contributed by atoms with Gasteiger partial charge in [-0.3, -0.25) is 0 Å². The molecule has 2 N–H and O–H groups in total. The lowest BCUT2D eigenvalue weighted by Crippen LogP contribution is -2.14. The van der Waals surface area contributed by atoms with Crippen molar-refractivity contribution in [1.82, 2.24) is 10.6 Å². The Balaban J connectivity index is 0.000000500. The van der Waals surface area contributed by atoms with Gasteiger partial charge in [-0.2, -0.15) is 0 Å². The Morgan fingerprint density at radius 2 is 2.20 bits per heavy atom. The summed E-state index contributed by atoms with van der Waals surface area (Å²) in [6.45, 7) is 0.912. The molecular weight excluding hydrogens is 148 g/mol. The molecule has 0 aromatic heterocycles. The molecule has 0 aromatic carbocycles. The molecule has 10 heavy (non-hydrogen) atoms. The minimum Gasteiger partial charge on any atom is -0.370 e. The summed E-state index contributed by atoms with van der Waals surface area (Å²) in [5.41, 5.74) is 2.68. The normalized spacial score (nSPS) is 20.8. The molecule has 0 saturated heterocycles. The summed E-state index contributed by atoms with van der Waals surface area (Å²) in [4.78, 5) is 0. The van der Waals surface area contributed by atoms with E-state index in [1.807, 2.05) is 0 Å². The highest BCUT2D eigenvalue weighted by Gasteiger charge is 2.11. The van der Waals surface area contributed by atoms with Gasteiger partial charge in [0.25, 0.3) is 0 Å². The Bertz CT molecular complexity index is 184. The molecular formula is C7H11ClN2. The van der Waals surface area contributed by atoms with Gasteiger partial charge in [-0.1, -0.05) is 6.08 Å². The van der Waals surface area contributed by atoms with Gasteiger partial charge in [0.15, 0.2) is 0 Å². The highest BCUT2D eigenvalue weighted by molar-refractivity contribution is 5.85. The molecule has 0 saturated carbocycles. The van der Waals surface area contributed by atoms with Crippen molar-refractivity contribution in [3.05, 3.63) is 23.5 Å². The lowest BCUT2D eigenvalue weighted by molar-refractivity contribution is 0.779. The van der Waals surface area contributed by atoms with Gasteiger partial charge < -0.3 is 10.6 Å². The van der Waals surface area contributed by atoms with E-state index >= 15 is 0 Å². The Morgan fingerprint density at radius 1 is 1.30 bits per heavy atom. The SMILES string of the molecule is C1=CC2=C(CC1)NCN2.Cl. The van der Waals surface area contributed by atoms with Crippen LogP contribution in [0.15, 0.2) is 23.5 Å². The number of halogens is 1. The first-order valence-electron chi connectivity index (χ1n) is 3.34. The van der Waals surface area contributed by atoms with Crippen LogP contribution in [-0.4, -0.2) is 6.67 Å². The van der Waals surface area contributed by atoms with Crippen LogP contribution < -0.4 is 10.6 Å².